The van der Waals surface area contributed by atoms with Crippen LogP contribution in [-0.2, 0) is 0 Å². The highest BCUT2D eigenvalue weighted by Crippen LogP contribution is 2.19. The van der Waals surface area contributed by atoms with Gasteiger partial charge in [0.1, 0.15) is 0 Å². The number of nitrogens with zero attached hydrogens (tertiary/aromatic N) is 1. The van der Waals surface area contributed by atoms with Crippen LogP contribution in [0.2, 0.25) is 5.02 Å². The highest BCUT2D eigenvalue weighted by atomic mass is 35.5. The Bertz CT molecular complexity index is 495. The minimum absolute atomic E-state index is 0.119. The van der Waals surface area contributed by atoms with Crippen molar-refractivity contribution in [2.45, 2.75) is 12.8 Å². The number of thiocarbonyl (C=S) groups is 1. The van der Waals surface area contributed by atoms with Gasteiger partial charge in [0.05, 0.1) is 4.99 Å². The topological polar surface area (TPSA) is 58.4 Å². The standard InChI is InChI=1S/C13H16ClN3OS/c14-10-4-1-5-11(7-10)16-13(18)17-6-2-3-9(8-17)12(15)19/h1,4-5,7,9H,2-3,6,8H2,(H2,15,19)(H,16,18). The molecule has 1 unspecified atom stereocenters. The van der Waals surface area contributed by atoms with Gasteiger partial charge in [0.25, 0.3) is 0 Å². The van der Waals surface area contributed by atoms with E-state index in [-0.39, 0.29) is 11.9 Å². The summed E-state index contributed by atoms with van der Waals surface area (Å²) in [4.78, 5) is 14.4. The van der Waals surface area contributed by atoms with E-state index in [1.165, 1.54) is 0 Å². The summed E-state index contributed by atoms with van der Waals surface area (Å²) in [6.45, 7) is 1.31. The quantitative estimate of drug-likeness (QED) is 0.825. The Morgan fingerprint density at radius 2 is 2.32 bits per heavy atom. The Morgan fingerprint density at radius 1 is 1.53 bits per heavy atom. The number of rotatable bonds is 2. The highest BCUT2D eigenvalue weighted by molar-refractivity contribution is 7.80. The molecular formula is C13H16ClN3OS. The van der Waals surface area contributed by atoms with Gasteiger partial charge in [0.2, 0.25) is 0 Å². The third-order valence-corrected chi connectivity index (χ3v) is 3.76. The second kappa shape index (κ2) is 6.21. The molecule has 102 valence electrons. The molecule has 4 nitrogen and oxygen atoms in total. The molecule has 2 rings (SSSR count). The number of likely N-dealkylation sites (tertiary alicyclic amines) is 1. The van der Waals surface area contributed by atoms with Crippen molar-refractivity contribution >= 4 is 40.5 Å². The fourth-order valence-electron chi connectivity index (χ4n) is 2.16. The third-order valence-electron chi connectivity index (χ3n) is 3.19. The highest BCUT2D eigenvalue weighted by Gasteiger charge is 2.25. The molecule has 0 radical (unpaired) electrons. The molecule has 0 spiro atoms. The van der Waals surface area contributed by atoms with Crippen molar-refractivity contribution in [2.75, 3.05) is 18.4 Å². The maximum atomic E-state index is 12.1. The van der Waals surface area contributed by atoms with Crippen molar-refractivity contribution in [3.05, 3.63) is 29.3 Å². The Morgan fingerprint density at radius 3 is 3.00 bits per heavy atom. The zero-order chi connectivity index (χ0) is 13.8. The smallest absolute Gasteiger partial charge is 0.321 e. The second-order valence-corrected chi connectivity index (χ2v) is 5.54. The predicted octanol–water partition coefficient (Wildman–Crippen LogP) is 2.87. The normalized spacial score (nSPS) is 19.0. The third kappa shape index (κ3) is 3.81. The molecule has 0 bridgehead atoms. The number of carbonyl (C=O) groups excluding carboxylic acids is 1. The van der Waals surface area contributed by atoms with Crippen molar-refractivity contribution in [3.8, 4) is 0 Å². The monoisotopic (exact) mass is 297 g/mol. The average molecular weight is 298 g/mol. The molecule has 0 saturated carbocycles. The lowest BCUT2D eigenvalue weighted by molar-refractivity contribution is 0.191. The summed E-state index contributed by atoms with van der Waals surface area (Å²) in [5.41, 5.74) is 6.35. The van der Waals surface area contributed by atoms with Crippen LogP contribution < -0.4 is 11.1 Å². The van der Waals surface area contributed by atoms with Crippen LogP contribution in [0, 0.1) is 5.92 Å². The minimum Gasteiger partial charge on any atom is -0.393 e. The first-order valence-electron chi connectivity index (χ1n) is 6.17. The molecular weight excluding hydrogens is 282 g/mol. The summed E-state index contributed by atoms with van der Waals surface area (Å²) in [7, 11) is 0. The van der Waals surface area contributed by atoms with Crippen LogP contribution >= 0.6 is 23.8 Å². The summed E-state index contributed by atoms with van der Waals surface area (Å²) in [6, 6.07) is 6.95. The Labute approximate surface area is 122 Å². The van der Waals surface area contributed by atoms with E-state index in [4.69, 9.17) is 29.6 Å². The summed E-state index contributed by atoms with van der Waals surface area (Å²) >= 11 is 10.9. The van der Waals surface area contributed by atoms with E-state index in [2.05, 4.69) is 5.32 Å². The number of piperidine rings is 1. The van der Waals surface area contributed by atoms with E-state index >= 15 is 0 Å². The van der Waals surface area contributed by atoms with E-state index in [1.807, 2.05) is 0 Å². The summed E-state index contributed by atoms with van der Waals surface area (Å²) in [5.74, 6) is 0.119. The fourth-order valence-corrected chi connectivity index (χ4v) is 2.55. The molecule has 1 aromatic rings. The molecule has 1 aliphatic rings. The van der Waals surface area contributed by atoms with Gasteiger partial charge in [-0.05, 0) is 31.0 Å². The van der Waals surface area contributed by atoms with Crippen LogP contribution in [0.1, 0.15) is 12.8 Å². The van der Waals surface area contributed by atoms with Crippen molar-refractivity contribution < 1.29 is 4.79 Å². The van der Waals surface area contributed by atoms with Crippen LogP contribution in [-0.4, -0.2) is 29.0 Å². The molecule has 1 aromatic carbocycles. The maximum Gasteiger partial charge on any atom is 0.321 e. The average Bonchev–Trinajstić information content (AvgIpc) is 2.39. The summed E-state index contributed by atoms with van der Waals surface area (Å²) in [5, 5.41) is 3.43. The second-order valence-electron chi connectivity index (χ2n) is 4.63. The molecule has 6 heteroatoms. The van der Waals surface area contributed by atoms with Gasteiger partial charge in [0.15, 0.2) is 0 Å². The van der Waals surface area contributed by atoms with Crippen LogP contribution in [0.3, 0.4) is 0 Å². The molecule has 0 aromatic heterocycles. The van der Waals surface area contributed by atoms with Gasteiger partial charge in [-0.1, -0.05) is 29.9 Å². The number of halogens is 1. The number of nitrogens with one attached hydrogen (secondary N) is 1. The van der Waals surface area contributed by atoms with Crippen LogP contribution in [0.15, 0.2) is 24.3 Å². The SMILES string of the molecule is NC(=S)C1CCCN(C(=O)Nc2cccc(Cl)c2)C1. The lowest BCUT2D eigenvalue weighted by atomic mass is 9.98. The first-order valence-corrected chi connectivity index (χ1v) is 6.95. The largest absolute Gasteiger partial charge is 0.393 e. The predicted molar refractivity (Wildman–Crippen MR) is 81.6 cm³/mol. The lowest BCUT2D eigenvalue weighted by Crippen LogP contribution is -2.45. The number of nitrogens with two attached hydrogens (primary N) is 1. The molecule has 3 N–H and O–H groups in total. The van der Waals surface area contributed by atoms with Gasteiger partial charge in [-0.2, -0.15) is 0 Å². The van der Waals surface area contributed by atoms with Crippen LogP contribution in [0.5, 0.6) is 0 Å². The molecule has 1 saturated heterocycles. The summed E-state index contributed by atoms with van der Waals surface area (Å²) < 4.78 is 0. The number of benzene rings is 1. The van der Waals surface area contributed by atoms with E-state index in [1.54, 1.807) is 29.2 Å². The van der Waals surface area contributed by atoms with E-state index in [0.29, 0.717) is 22.2 Å². The number of amides is 2. The molecule has 1 fully saturated rings. The molecule has 2 amide bonds. The lowest BCUT2D eigenvalue weighted by Gasteiger charge is -2.32. The first kappa shape index (κ1) is 14.1. The number of carbonyl (C=O) groups is 1. The van der Waals surface area contributed by atoms with Gasteiger partial charge in [-0.3, -0.25) is 0 Å². The number of hydrogen-bond donors (Lipinski definition) is 2. The molecule has 1 atom stereocenters. The van der Waals surface area contributed by atoms with Crippen LogP contribution in [0.25, 0.3) is 0 Å². The van der Waals surface area contributed by atoms with Gasteiger partial charge < -0.3 is 16.0 Å². The molecule has 1 aliphatic heterocycles. The van der Waals surface area contributed by atoms with Crippen molar-refractivity contribution in [3.63, 3.8) is 0 Å². The van der Waals surface area contributed by atoms with Crippen molar-refractivity contribution in [1.29, 1.82) is 0 Å². The van der Waals surface area contributed by atoms with E-state index in [9.17, 15) is 4.79 Å². The summed E-state index contributed by atoms with van der Waals surface area (Å²) in [6.07, 6.45) is 1.88. The molecule has 0 aliphatic carbocycles. The molecule has 19 heavy (non-hydrogen) atoms. The van der Waals surface area contributed by atoms with Gasteiger partial charge in [-0.15, -0.1) is 0 Å². The number of anilines is 1. The van der Waals surface area contributed by atoms with Crippen molar-refractivity contribution in [1.82, 2.24) is 4.90 Å². The minimum atomic E-state index is -0.136. The van der Waals surface area contributed by atoms with Crippen LogP contribution in [0.4, 0.5) is 10.5 Å². The van der Waals surface area contributed by atoms with Gasteiger partial charge in [-0.25, -0.2) is 4.79 Å². The zero-order valence-electron chi connectivity index (χ0n) is 10.4. The van der Waals surface area contributed by atoms with Gasteiger partial charge in [0, 0.05) is 29.7 Å². The van der Waals surface area contributed by atoms with Crippen molar-refractivity contribution in [2.24, 2.45) is 11.7 Å². The number of urea groups is 1. The Balaban J connectivity index is 1.98. The zero-order valence-corrected chi connectivity index (χ0v) is 12.0. The Kier molecular flexibility index (Phi) is 4.61. The van der Waals surface area contributed by atoms with Gasteiger partial charge >= 0.3 is 6.03 Å². The Hall–Kier alpha value is -1.33. The molecule has 1 heterocycles. The number of hydrogen-bond acceptors (Lipinski definition) is 2. The van der Waals surface area contributed by atoms with E-state index in [0.717, 1.165) is 19.4 Å². The fraction of sp³-hybridized carbons (Fsp3) is 0.385. The van der Waals surface area contributed by atoms with E-state index < -0.39 is 0 Å². The first-order chi connectivity index (χ1) is 9.06. The maximum absolute atomic E-state index is 12.1.